The van der Waals surface area contributed by atoms with Gasteiger partial charge in [-0.15, -0.1) is 0 Å². The lowest BCUT2D eigenvalue weighted by molar-refractivity contribution is 0.0683. The van der Waals surface area contributed by atoms with Gasteiger partial charge in [0, 0.05) is 30.8 Å². The first-order valence-corrected chi connectivity index (χ1v) is 10.3. The van der Waals surface area contributed by atoms with Crippen molar-refractivity contribution in [3.63, 3.8) is 0 Å². The van der Waals surface area contributed by atoms with Crippen molar-refractivity contribution in [2.45, 2.75) is 19.8 Å². The Balaban J connectivity index is 1.43. The fourth-order valence-corrected chi connectivity index (χ4v) is 3.42. The van der Waals surface area contributed by atoms with Crippen molar-refractivity contribution in [3.8, 4) is 11.5 Å². The van der Waals surface area contributed by atoms with Crippen LogP contribution in [0.15, 0.2) is 48.5 Å². The predicted octanol–water partition coefficient (Wildman–Crippen LogP) is 3.21. The molecule has 0 aromatic heterocycles. The van der Waals surface area contributed by atoms with Gasteiger partial charge in [0.1, 0.15) is 11.5 Å². The Morgan fingerprint density at radius 3 is 2.42 bits per heavy atom. The molecule has 1 aliphatic heterocycles. The molecule has 0 spiro atoms. The lowest BCUT2D eigenvalue weighted by Gasteiger charge is -2.32. The number of hydrogen-bond acceptors (Lipinski definition) is 6. The van der Waals surface area contributed by atoms with Crippen LogP contribution in [0.25, 0.3) is 0 Å². The number of ether oxygens (including phenoxy) is 2. The normalized spacial score (nSPS) is 14.0. The molecule has 1 saturated heterocycles. The third-order valence-electron chi connectivity index (χ3n) is 5.13. The van der Waals surface area contributed by atoms with E-state index >= 15 is 0 Å². The van der Waals surface area contributed by atoms with E-state index in [0.717, 1.165) is 12.8 Å². The molecule has 164 valence electrons. The number of carbonyl (C=O) groups excluding carboxylic acids is 3. The number of phenols is 1. The van der Waals surface area contributed by atoms with Crippen molar-refractivity contribution in [1.82, 2.24) is 10.2 Å². The van der Waals surface area contributed by atoms with Crippen LogP contribution in [0.2, 0.25) is 0 Å². The Morgan fingerprint density at radius 2 is 1.77 bits per heavy atom. The number of aromatic hydroxyl groups is 1. The summed E-state index contributed by atoms with van der Waals surface area (Å²) in [7, 11) is 0. The van der Waals surface area contributed by atoms with Gasteiger partial charge in [0.2, 0.25) is 0 Å². The molecule has 1 fully saturated rings. The highest BCUT2D eigenvalue weighted by molar-refractivity contribution is 5.95. The van der Waals surface area contributed by atoms with Gasteiger partial charge >= 0.3 is 6.16 Å². The monoisotopic (exact) mass is 426 g/mol. The Hall–Kier alpha value is -3.55. The molecule has 0 atom stereocenters. The maximum atomic E-state index is 12.5. The number of nitrogens with one attached hydrogen (secondary N) is 1. The van der Waals surface area contributed by atoms with Crippen molar-refractivity contribution < 1.29 is 29.0 Å². The third kappa shape index (κ3) is 6.21. The van der Waals surface area contributed by atoms with Crippen LogP contribution in [0.5, 0.6) is 11.5 Å². The maximum absolute atomic E-state index is 12.5. The topological polar surface area (TPSA) is 105 Å². The number of hydrogen-bond donors (Lipinski definition) is 2. The summed E-state index contributed by atoms with van der Waals surface area (Å²) >= 11 is 0. The summed E-state index contributed by atoms with van der Waals surface area (Å²) in [6, 6.07) is 12.6. The average Bonchev–Trinajstić information content (AvgIpc) is 2.78. The first-order valence-electron chi connectivity index (χ1n) is 10.3. The molecule has 8 heteroatoms. The SMILES string of the molecule is CCOC(=O)Oc1ccc(C(=O)NCC2CCN(C(=O)c3cccc(O)c3)CC2)cc1. The lowest BCUT2D eigenvalue weighted by atomic mass is 9.96. The zero-order valence-corrected chi connectivity index (χ0v) is 17.4. The summed E-state index contributed by atoms with van der Waals surface area (Å²) in [4.78, 5) is 38.0. The van der Waals surface area contributed by atoms with Gasteiger partial charge in [-0.2, -0.15) is 0 Å². The number of phenolic OH excluding ortho intramolecular Hbond substituents is 1. The molecule has 0 radical (unpaired) electrons. The molecule has 1 aliphatic rings. The van der Waals surface area contributed by atoms with Crippen LogP contribution < -0.4 is 10.1 Å². The summed E-state index contributed by atoms with van der Waals surface area (Å²) in [6.45, 7) is 3.64. The summed E-state index contributed by atoms with van der Waals surface area (Å²) in [5.41, 5.74) is 0.940. The first-order chi connectivity index (χ1) is 15.0. The van der Waals surface area contributed by atoms with Gasteiger partial charge in [0.25, 0.3) is 11.8 Å². The van der Waals surface area contributed by atoms with Crippen LogP contribution >= 0.6 is 0 Å². The fraction of sp³-hybridized carbons (Fsp3) is 0.348. The molecule has 0 saturated carbocycles. The number of amides is 2. The molecule has 1 heterocycles. The standard InChI is InChI=1S/C23H26N2O6/c1-2-30-23(29)31-20-8-6-17(7-9-20)21(27)24-15-16-10-12-25(13-11-16)22(28)18-4-3-5-19(26)14-18/h3-9,14,16,26H,2,10-13,15H2,1H3,(H,24,27). The van der Waals surface area contributed by atoms with E-state index < -0.39 is 6.16 Å². The highest BCUT2D eigenvalue weighted by atomic mass is 16.7. The molecule has 2 amide bonds. The van der Waals surface area contributed by atoms with E-state index in [1.807, 2.05) is 0 Å². The van der Waals surface area contributed by atoms with E-state index in [1.165, 1.54) is 24.3 Å². The molecule has 0 bridgehead atoms. The second-order valence-electron chi connectivity index (χ2n) is 7.31. The molecular weight excluding hydrogens is 400 g/mol. The van der Waals surface area contributed by atoms with E-state index in [0.29, 0.717) is 36.5 Å². The first kappa shape index (κ1) is 22.1. The number of piperidine rings is 1. The summed E-state index contributed by atoms with van der Waals surface area (Å²) < 4.78 is 9.68. The molecule has 2 N–H and O–H groups in total. The van der Waals surface area contributed by atoms with Gasteiger partial charge in [-0.25, -0.2) is 4.79 Å². The summed E-state index contributed by atoms with van der Waals surface area (Å²) in [5, 5.41) is 12.5. The molecule has 0 aliphatic carbocycles. The molecule has 0 unspecified atom stereocenters. The van der Waals surface area contributed by atoms with Gasteiger partial charge < -0.3 is 24.8 Å². The maximum Gasteiger partial charge on any atom is 0.513 e. The van der Waals surface area contributed by atoms with E-state index in [-0.39, 0.29) is 30.1 Å². The van der Waals surface area contributed by atoms with Crippen molar-refractivity contribution in [2.24, 2.45) is 5.92 Å². The van der Waals surface area contributed by atoms with Crippen LogP contribution in [-0.2, 0) is 4.74 Å². The number of nitrogens with zero attached hydrogens (tertiary/aromatic N) is 1. The smallest absolute Gasteiger partial charge is 0.508 e. The number of likely N-dealkylation sites (tertiary alicyclic amines) is 1. The molecule has 8 nitrogen and oxygen atoms in total. The van der Waals surface area contributed by atoms with Gasteiger partial charge in [0.15, 0.2) is 0 Å². The van der Waals surface area contributed by atoms with Gasteiger partial charge in [-0.3, -0.25) is 9.59 Å². The highest BCUT2D eigenvalue weighted by Gasteiger charge is 2.24. The largest absolute Gasteiger partial charge is 0.513 e. The number of benzene rings is 2. The summed E-state index contributed by atoms with van der Waals surface area (Å²) in [5.74, 6) is 0.357. The van der Waals surface area contributed by atoms with Crippen molar-refractivity contribution >= 4 is 18.0 Å². The quantitative estimate of drug-likeness (QED) is 0.543. The molecule has 3 rings (SSSR count). The summed E-state index contributed by atoms with van der Waals surface area (Å²) in [6.07, 6.45) is 0.794. The second kappa shape index (κ2) is 10.5. The minimum atomic E-state index is -0.784. The Labute approximate surface area is 180 Å². The van der Waals surface area contributed by atoms with Crippen LogP contribution in [0, 0.1) is 5.92 Å². The average molecular weight is 426 g/mol. The number of rotatable bonds is 6. The molecular formula is C23H26N2O6. The van der Waals surface area contributed by atoms with Crippen LogP contribution in [0.4, 0.5) is 4.79 Å². The van der Waals surface area contributed by atoms with E-state index in [1.54, 1.807) is 36.1 Å². The van der Waals surface area contributed by atoms with Crippen molar-refractivity contribution in [2.75, 3.05) is 26.2 Å². The fourth-order valence-electron chi connectivity index (χ4n) is 3.42. The molecule has 2 aromatic rings. The van der Waals surface area contributed by atoms with Gasteiger partial charge in [0.05, 0.1) is 6.61 Å². The minimum Gasteiger partial charge on any atom is -0.508 e. The predicted molar refractivity (Wildman–Crippen MR) is 113 cm³/mol. The van der Waals surface area contributed by atoms with Gasteiger partial charge in [-0.05, 0) is 68.1 Å². The van der Waals surface area contributed by atoms with Crippen LogP contribution in [-0.4, -0.2) is 54.2 Å². The Kier molecular flexibility index (Phi) is 7.48. The minimum absolute atomic E-state index is 0.0731. The van der Waals surface area contributed by atoms with Crippen LogP contribution in [0.1, 0.15) is 40.5 Å². The van der Waals surface area contributed by atoms with E-state index in [2.05, 4.69) is 5.32 Å². The van der Waals surface area contributed by atoms with Crippen molar-refractivity contribution in [3.05, 3.63) is 59.7 Å². The van der Waals surface area contributed by atoms with E-state index in [9.17, 15) is 19.5 Å². The van der Waals surface area contributed by atoms with E-state index in [4.69, 9.17) is 9.47 Å². The third-order valence-corrected chi connectivity index (χ3v) is 5.13. The van der Waals surface area contributed by atoms with Gasteiger partial charge in [-0.1, -0.05) is 6.07 Å². The van der Waals surface area contributed by atoms with Crippen LogP contribution in [0.3, 0.4) is 0 Å². The lowest BCUT2D eigenvalue weighted by Crippen LogP contribution is -2.41. The Bertz CT molecular complexity index is 920. The highest BCUT2D eigenvalue weighted by Crippen LogP contribution is 2.20. The molecule has 2 aromatic carbocycles. The zero-order valence-electron chi connectivity index (χ0n) is 17.4. The van der Waals surface area contributed by atoms with Crippen molar-refractivity contribution in [1.29, 1.82) is 0 Å². The second-order valence-corrected chi connectivity index (χ2v) is 7.31. The zero-order chi connectivity index (χ0) is 22.2. The Morgan fingerprint density at radius 1 is 1.06 bits per heavy atom. The number of carbonyl (C=O) groups is 3. The molecule has 31 heavy (non-hydrogen) atoms.